The largest absolute Gasteiger partial charge is 0.494 e. The van der Waals surface area contributed by atoms with Crippen LogP contribution in [0.4, 0.5) is 5.69 Å². The molecule has 3 rings (SSSR count). The van der Waals surface area contributed by atoms with E-state index in [4.69, 9.17) is 27.9 Å². The fourth-order valence-electron chi connectivity index (χ4n) is 4.32. The van der Waals surface area contributed by atoms with E-state index < -0.39 is 28.5 Å². The molecule has 0 saturated carbocycles. The van der Waals surface area contributed by atoms with Gasteiger partial charge in [0.25, 0.3) is 10.0 Å². The Labute approximate surface area is 258 Å². The zero-order valence-electron chi connectivity index (χ0n) is 24.2. The Hall–Kier alpha value is -3.27. The number of para-hydroxylation sites is 1. The van der Waals surface area contributed by atoms with Crippen LogP contribution in [0.25, 0.3) is 0 Å². The third-order valence-corrected chi connectivity index (χ3v) is 9.30. The van der Waals surface area contributed by atoms with Crippen LogP contribution in [0.5, 0.6) is 5.75 Å². The number of ether oxygens (including phenoxy) is 1. The van der Waals surface area contributed by atoms with E-state index >= 15 is 0 Å². The minimum atomic E-state index is -4.18. The van der Waals surface area contributed by atoms with Crippen LogP contribution in [0.2, 0.25) is 10.0 Å². The second-order valence-corrected chi connectivity index (χ2v) is 12.4. The molecule has 2 amide bonds. The van der Waals surface area contributed by atoms with Crippen molar-refractivity contribution in [1.29, 1.82) is 0 Å². The van der Waals surface area contributed by atoms with Crippen molar-refractivity contribution in [3.63, 3.8) is 0 Å². The number of rotatable bonds is 14. The maximum absolute atomic E-state index is 14.1. The number of hydrogen-bond donors (Lipinski definition) is 1. The molecule has 0 aliphatic carbocycles. The van der Waals surface area contributed by atoms with Gasteiger partial charge in [-0.3, -0.25) is 13.9 Å². The smallest absolute Gasteiger partial charge is 0.264 e. The Bertz CT molecular complexity index is 1450. The van der Waals surface area contributed by atoms with Crippen molar-refractivity contribution < 1.29 is 22.7 Å². The Morgan fingerprint density at radius 2 is 1.57 bits per heavy atom. The molecule has 226 valence electrons. The minimum Gasteiger partial charge on any atom is -0.494 e. The average Bonchev–Trinajstić information content (AvgIpc) is 2.98. The number of benzene rings is 3. The van der Waals surface area contributed by atoms with E-state index in [-0.39, 0.29) is 23.4 Å². The predicted octanol–water partition coefficient (Wildman–Crippen LogP) is 6.31. The third-order valence-electron chi connectivity index (χ3n) is 6.77. The van der Waals surface area contributed by atoms with E-state index in [1.165, 1.54) is 17.0 Å². The molecule has 0 aliphatic heterocycles. The highest BCUT2D eigenvalue weighted by atomic mass is 35.5. The molecule has 0 aromatic heterocycles. The molecule has 0 aliphatic rings. The van der Waals surface area contributed by atoms with Crippen molar-refractivity contribution in [3.05, 3.63) is 88.4 Å². The third kappa shape index (κ3) is 8.40. The van der Waals surface area contributed by atoms with Crippen LogP contribution in [0.15, 0.2) is 77.7 Å². The molecule has 3 aromatic carbocycles. The predicted molar refractivity (Wildman–Crippen MR) is 168 cm³/mol. The Morgan fingerprint density at radius 3 is 2.14 bits per heavy atom. The van der Waals surface area contributed by atoms with Gasteiger partial charge in [-0.05, 0) is 80.8 Å². The maximum Gasteiger partial charge on any atom is 0.264 e. The van der Waals surface area contributed by atoms with E-state index in [9.17, 15) is 18.0 Å². The fraction of sp³-hybridized carbons (Fsp3) is 0.355. The molecule has 2 atom stereocenters. The first kappa shape index (κ1) is 33.2. The molecule has 0 fully saturated rings. The number of amides is 2. The van der Waals surface area contributed by atoms with Gasteiger partial charge in [-0.2, -0.15) is 0 Å². The first-order valence-corrected chi connectivity index (χ1v) is 16.1. The SMILES string of the molecule is CCOc1ccc(S(=O)(=O)N(CC(=O)N(Cc2ccc(Cl)c(Cl)c2)[C@@H](CC)C(=O)N[C@@H](C)CC)c2ccccc2)cc1. The lowest BCUT2D eigenvalue weighted by Gasteiger charge is -2.33. The maximum atomic E-state index is 14.1. The molecular weight excluding hydrogens is 597 g/mol. The summed E-state index contributed by atoms with van der Waals surface area (Å²) < 4.78 is 34.4. The summed E-state index contributed by atoms with van der Waals surface area (Å²) in [6.45, 7) is 7.41. The second-order valence-electron chi connectivity index (χ2n) is 9.76. The quantitative estimate of drug-likeness (QED) is 0.224. The van der Waals surface area contributed by atoms with Gasteiger partial charge in [0.1, 0.15) is 18.3 Å². The zero-order valence-corrected chi connectivity index (χ0v) is 26.5. The number of carbonyl (C=O) groups excluding carboxylic acids is 2. The van der Waals surface area contributed by atoms with Gasteiger partial charge >= 0.3 is 0 Å². The number of nitrogens with one attached hydrogen (secondary N) is 1. The second kappa shape index (κ2) is 15.3. The molecule has 11 heteroatoms. The summed E-state index contributed by atoms with van der Waals surface area (Å²) in [6, 6.07) is 18.5. The van der Waals surface area contributed by atoms with Gasteiger partial charge in [0.15, 0.2) is 0 Å². The highest BCUT2D eigenvalue weighted by Gasteiger charge is 2.34. The first-order valence-electron chi connectivity index (χ1n) is 13.9. The molecule has 0 bridgehead atoms. The summed E-state index contributed by atoms with van der Waals surface area (Å²) in [5, 5.41) is 3.62. The number of carbonyl (C=O) groups is 2. The normalized spacial score (nSPS) is 12.7. The molecule has 0 saturated heterocycles. The molecule has 0 radical (unpaired) electrons. The van der Waals surface area contributed by atoms with E-state index in [1.54, 1.807) is 60.7 Å². The Kier molecular flexibility index (Phi) is 12.1. The van der Waals surface area contributed by atoms with E-state index in [0.717, 1.165) is 4.31 Å². The summed E-state index contributed by atoms with van der Waals surface area (Å²) >= 11 is 12.4. The summed E-state index contributed by atoms with van der Waals surface area (Å²) in [4.78, 5) is 28.9. The average molecular weight is 635 g/mol. The number of sulfonamides is 1. The topological polar surface area (TPSA) is 96.0 Å². The first-order chi connectivity index (χ1) is 20.0. The van der Waals surface area contributed by atoms with Gasteiger partial charge in [0.2, 0.25) is 11.8 Å². The van der Waals surface area contributed by atoms with E-state index in [1.807, 2.05) is 27.7 Å². The van der Waals surface area contributed by atoms with Gasteiger partial charge in [0.05, 0.1) is 27.2 Å². The van der Waals surface area contributed by atoms with Crippen LogP contribution in [0, 0.1) is 0 Å². The van der Waals surface area contributed by atoms with Crippen molar-refractivity contribution in [3.8, 4) is 5.75 Å². The number of nitrogens with zero attached hydrogens (tertiary/aromatic N) is 2. The standard InChI is InChI=1S/C31H37Cl2N3O5S/c1-5-22(4)34-31(38)29(6-2)35(20-23-13-18-27(32)28(33)19-23)30(37)21-36(24-11-9-8-10-12-24)42(39,40)26-16-14-25(15-17-26)41-7-3/h8-19,22,29H,5-7,20-21H2,1-4H3,(H,34,38)/t22-,29-/m0/s1. The molecule has 0 unspecified atom stereocenters. The summed E-state index contributed by atoms with van der Waals surface area (Å²) in [6.07, 6.45) is 1.03. The van der Waals surface area contributed by atoms with Crippen molar-refractivity contribution in [1.82, 2.24) is 10.2 Å². The summed E-state index contributed by atoms with van der Waals surface area (Å²) in [5.74, 6) is -0.337. The van der Waals surface area contributed by atoms with Crippen LogP contribution in [-0.4, -0.2) is 50.4 Å². The number of anilines is 1. The van der Waals surface area contributed by atoms with Gasteiger partial charge < -0.3 is 15.0 Å². The molecule has 1 N–H and O–H groups in total. The fourth-order valence-corrected chi connectivity index (χ4v) is 6.05. The molecule has 42 heavy (non-hydrogen) atoms. The van der Waals surface area contributed by atoms with Crippen LogP contribution < -0.4 is 14.4 Å². The zero-order chi connectivity index (χ0) is 30.9. The lowest BCUT2D eigenvalue weighted by molar-refractivity contribution is -0.140. The summed E-state index contributed by atoms with van der Waals surface area (Å²) in [5.41, 5.74) is 0.958. The minimum absolute atomic E-state index is 0.000180. The van der Waals surface area contributed by atoms with Crippen molar-refractivity contribution >= 4 is 50.7 Å². The molecule has 0 heterocycles. The van der Waals surface area contributed by atoms with E-state index in [2.05, 4.69) is 5.32 Å². The highest BCUT2D eigenvalue weighted by Crippen LogP contribution is 2.27. The molecule has 0 spiro atoms. The lowest BCUT2D eigenvalue weighted by Crippen LogP contribution is -2.53. The van der Waals surface area contributed by atoms with Gasteiger partial charge in [-0.1, -0.05) is 61.3 Å². The summed E-state index contributed by atoms with van der Waals surface area (Å²) in [7, 11) is -4.18. The number of hydrogen-bond acceptors (Lipinski definition) is 5. The van der Waals surface area contributed by atoms with Gasteiger partial charge in [-0.15, -0.1) is 0 Å². The van der Waals surface area contributed by atoms with Crippen molar-refractivity contribution in [2.45, 2.75) is 64.1 Å². The molecule has 3 aromatic rings. The highest BCUT2D eigenvalue weighted by molar-refractivity contribution is 7.92. The van der Waals surface area contributed by atoms with Crippen LogP contribution in [-0.2, 0) is 26.2 Å². The lowest BCUT2D eigenvalue weighted by atomic mass is 10.1. The van der Waals surface area contributed by atoms with Crippen LogP contribution >= 0.6 is 23.2 Å². The van der Waals surface area contributed by atoms with Crippen molar-refractivity contribution in [2.24, 2.45) is 0 Å². The monoisotopic (exact) mass is 633 g/mol. The molecule has 8 nitrogen and oxygen atoms in total. The van der Waals surface area contributed by atoms with Crippen molar-refractivity contribution in [2.75, 3.05) is 17.5 Å². The van der Waals surface area contributed by atoms with Crippen LogP contribution in [0.1, 0.15) is 46.1 Å². The van der Waals surface area contributed by atoms with Gasteiger partial charge in [-0.25, -0.2) is 8.42 Å². The molecular formula is C31H37Cl2N3O5S. The Morgan fingerprint density at radius 1 is 0.905 bits per heavy atom. The van der Waals surface area contributed by atoms with E-state index in [0.29, 0.717) is 46.5 Å². The van der Waals surface area contributed by atoms with Gasteiger partial charge in [0, 0.05) is 12.6 Å². The number of halogens is 2. The van der Waals surface area contributed by atoms with Crippen LogP contribution in [0.3, 0.4) is 0 Å². The Balaban J connectivity index is 2.04.